The van der Waals surface area contributed by atoms with Gasteiger partial charge < -0.3 is 10.2 Å². The molecule has 0 amide bonds. The summed E-state index contributed by atoms with van der Waals surface area (Å²) in [5, 5.41) is 4.70. The van der Waals surface area contributed by atoms with Crippen molar-refractivity contribution in [2.24, 2.45) is 0 Å². The van der Waals surface area contributed by atoms with Gasteiger partial charge in [-0.05, 0) is 50.0 Å². The minimum Gasteiger partial charge on any atom is -0.360 e. The average molecular weight is 360 g/mol. The van der Waals surface area contributed by atoms with E-state index in [1.165, 1.54) is 77.0 Å². The molecule has 0 spiro atoms. The zero-order chi connectivity index (χ0) is 17.3. The second kappa shape index (κ2) is 10.1. The first-order chi connectivity index (χ1) is 12.3. The standard InChI is InChI=1S/C21H33N3S/c25-21(23-18-11-5-2-1-3-6-12-18)24(20-14-7-4-8-15-20)17-19-13-9-10-16-22-19/h9-10,13,16,18,20H,1-8,11-12,14-15,17H2,(H,23,25). The molecule has 0 unspecified atom stereocenters. The van der Waals surface area contributed by atoms with Crippen molar-refractivity contribution >= 4 is 17.3 Å². The Morgan fingerprint density at radius 1 is 0.960 bits per heavy atom. The van der Waals surface area contributed by atoms with Crippen molar-refractivity contribution in [1.29, 1.82) is 0 Å². The van der Waals surface area contributed by atoms with Crippen molar-refractivity contribution in [3.05, 3.63) is 30.1 Å². The van der Waals surface area contributed by atoms with Gasteiger partial charge >= 0.3 is 0 Å². The summed E-state index contributed by atoms with van der Waals surface area (Å²) in [6, 6.07) is 7.31. The first kappa shape index (κ1) is 18.6. The Morgan fingerprint density at radius 3 is 2.28 bits per heavy atom. The molecule has 0 radical (unpaired) electrons. The first-order valence-electron chi connectivity index (χ1n) is 10.3. The van der Waals surface area contributed by atoms with Crippen LogP contribution in [-0.4, -0.2) is 27.1 Å². The minimum absolute atomic E-state index is 0.558. The van der Waals surface area contributed by atoms with Crippen molar-refractivity contribution in [2.75, 3.05) is 0 Å². The van der Waals surface area contributed by atoms with Crippen LogP contribution in [-0.2, 0) is 6.54 Å². The molecule has 0 bridgehead atoms. The Hall–Kier alpha value is -1.16. The van der Waals surface area contributed by atoms with E-state index in [1.54, 1.807) is 0 Å². The van der Waals surface area contributed by atoms with Gasteiger partial charge in [0.25, 0.3) is 0 Å². The van der Waals surface area contributed by atoms with Gasteiger partial charge in [0, 0.05) is 18.3 Å². The maximum atomic E-state index is 5.90. The van der Waals surface area contributed by atoms with E-state index >= 15 is 0 Å². The van der Waals surface area contributed by atoms with Gasteiger partial charge in [0.05, 0.1) is 12.2 Å². The Morgan fingerprint density at radius 2 is 1.60 bits per heavy atom. The molecule has 2 aliphatic carbocycles. The molecule has 0 aromatic carbocycles. The summed E-state index contributed by atoms with van der Waals surface area (Å²) in [5.41, 5.74) is 1.12. The lowest BCUT2D eigenvalue weighted by atomic mass is 9.94. The maximum Gasteiger partial charge on any atom is 0.169 e. The van der Waals surface area contributed by atoms with E-state index < -0.39 is 0 Å². The van der Waals surface area contributed by atoms with Gasteiger partial charge in [-0.2, -0.15) is 0 Å². The third-order valence-corrected chi connectivity index (χ3v) is 6.12. The van der Waals surface area contributed by atoms with Gasteiger partial charge in [-0.3, -0.25) is 4.98 Å². The van der Waals surface area contributed by atoms with Crippen LogP contribution in [0, 0.1) is 0 Å². The summed E-state index contributed by atoms with van der Waals surface area (Å²) in [4.78, 5) is 6.98. The highest BCUT2D eigenvalue weighted by Crippen LogP contribution is 2.25. The fraction of sp³-hybridized carbons (Fsp3) is 0.714. The number of hydrogen-bond acceptors (Lipinski definition) is 2. The van der Waals surface area contributed by atoms with E-state index in [-0.39, 0.29) is 0 Å². The van der Waals surface area contributed by atoms with Crippen LogP contribution in [0.15, 0.2) is 24.4 Å². The van der Waals surface area contributed by atoms with Gasteiger partial charge in [-0.15, -0.1) is 0 Å². The molecular weight excluding hydrogens is 326 g/mol. The quantitative estimate of drug-likeness (QED) is 0.748. The molecule has 0 saturated heterocycles. The summed E-state index contributed by atoms with van der Waals surface area (Å²) >= 11 is 5.90. The van der Waals surface area contributed by atoms with Crippen molar-refractivity contribution in [2.45, 2.75) is 95.7 Å². The summed E-state index contributed by atoms with van der Waals surface area (Å²) < 4.78 is 0. The Bertz CT molecular complexity index is 505. The zero-order valence-corrected chi connectivity index (χ0v) is 16.3. The Kier molecular flexibility index (Phi) is 7.53. The number of aromatic nitrogens is 1. The molecule has 25 heavy (non-hydrogen) atoms. The lowest BCUT2D eigenvalue weighted by molar-refractivity contribution is 0.229. The third kappa shape index (κ3) is 5.95. The summed E-state index contributed by atoms with van der Waals surface area (Å²) in [5.74, 6) is 0. The summed E-state index contributed by atoms with van der Waals surface area (Å²) in [6.07, 6.45) is 17.8. The molecular formula is C21H33N3S. The van der Waals surface area contributed by atoms with Gasteiger partial charge in [-0.1, -0.05) is 57.4 Å². The lowest BCUT2D eigenvalue weighted by Gasteiger charge is -2.37. The molecule has 138 valence electrons. The Labute approximate surface area is 158 Å². The van der Waals surface area contributed by atoms with E-state index in [1.807, 2.05) is 12.3 Å². The number of nitrogens with zero attached hydrogens (tertiary/aromatic N) is 2. The fourth-order valence-electron chi connectivity index (χ4n) is 4.28. The number of nitrogens with one attached hydrogen (secondary N) is 1. The number of pyridine rings is 1. The molecule has 1 aromatic heterocycles. The molecule has 2 fully saturated rings. The predicted octanol–water partition coefficient (Wildman–Crippen LogP) is 5.20. The van der Waals surface area contributed by atoms with Crippen LogP contribution in [0.3, 0.4) is 0 Å². The third-order valence-electron chi connectivity index (χ3n) is 5.77. The number of thiocarbonyl (C=S) groups is 1. The number of hydrogen-bond donors (Lipinski definition) is 1. The van der Waals surface area contributed by atoms with Crippen LogP contribution in [0.4, 0.5) is 0 Å². The largest absolute Gasteiger partial charge is 0.360 e. The number of rotatable bonds is 4. The minimum atomic E-state index is 0.558. The SMILES string of the molecule is S=C(NC1CCCCCCC1)N(Cc1ccccn1)C1CCCCC1. The van der Waals surface area contributed by atoms with E-state index in [0.717, 1.165) is 17.4 Å². The van der Waals surface area contributed by atoms with E-state index in [0.29, 0.717) is 12.1 Å². The monoisotopic (exact) mass is 359 g/mol. The van der Waals surface area contributed by atoms with Gasteiger partial charge in [0.2, 0.25) is 0 Å². The molecule has 0 atom stereocenters. The average Bonchev–Trinajstić information content (AvgIpc) is 2.63. The molecule has 2 aliphatic rings. The van der Waals surface area contributed by atoms with Crippen LogP contribution in [0.1, 0.15) is 82.7 Å². The first-order valence-corrected chi connectivity index (χ1v) is 10.7. The molecule has 1 aromatic rings. The van der Waals surface area contributed by atoms with Crippen molar-refractivity contribution in [3.8, 4) is 0 Å². The van der Waals surface area contributed by atoms with E-state index in [9.17, 15) is 0 Å². The topological polar surface area (TPSA) is 28.2 Å². The molecule has 3 rings (SSSR count). The maximum absolute atomic E-state index is 5.90. The van der Waals surface area contributed by atoms with Gasteiger partial charge in [0.1, 0.15) is 0 Å². The van der Waals surface area contributed by atoms with Crippen LogP contribution in [0.25, 0.3) is 0 Å². The second-order valence-electron chi connectivity index (χ2n) is 7.73. The highest BCUT2D eigenvalue weighted by molar-refractivity contribution is 7.80. The van der Waals surface area contributed by atoms with Crippen molar-refractivity contribution < 1.29 is 0 Å². The molecule has 1 heterocycles. The zero-order valence-electron chi connectivity index (χ0n) is 15.5. The molecule has 4 heteroatoms. The normalized spacial score (nSPS) is 20.5. The van der Waals surface area contributed by atoms with Gasteiger partial charge in [-0.25, -0.2) is 0 Å². The highest BCUT2D eigenvalue weighted by Gasteiger charge is 2.25. The Balaban J connectivity index is 1.65. The van der Waals surface area contributed by atoms with E-state index in [4.69, 9.17) is 12.2 Å². The fourth-order valence-corrected chi connectivity index (χ4v) is 4.66. The van der Waals surface area contributed by atoms with Crippen LogP contribution >= 0.6 is 12.2 Å². The molecule has 1 N–H and O–H groups in total. The highest BCUT2D eigenvalue weighted by atomic mass is 32.1. The summed E-state index contributed by atoms with van der Waals surface area (Å²) in [7, 11) is 0. The molecule has 3 nitrogen and oxygen atoms in total. The van der Waals surface area contributed by atoms with E-state index in [2.05, 4.69) is 27.3 Å². The van der Waals surface area contributed by atoms with Crippen LogP contribution in [0.5, 0.6) is 0 Å². The lowest BCUT2D eigenvalue weighted by Crippen LogP contribution is -2.49. The second-order valence-corrected chi connectivity index (χ2v) is 8.12. The summed E-state index contributed by atoms with van der Waals surface area (Å²) in [6.45, 7) is 0.837. The molecule has 0 aliphatic heterocycles. The molecule has 2 saturated carbocycles. The van der Waals surface area contributed by atoms with Crippen molar-refractivity contribution in [3.63, 3.8) is 0 Å². The van der Waals surface area contributed by atoms with Gasteiger partial charge in [0.15, 0.2) is 5.11 Å². The van der Waals surface area contributed by atoms with Crippen LogP contribution < -0.4 is 5.32 Å². The predicted molar refractivity (Wildman–Crippen MR) is 108 cm³/mol. The smallest absolute Gasteiger partial charge is 0.169 e. The van der Waals surface area contributed by atoms with Crippen LogP contribution in [0.2, 0.25) is 0 Å². The van der Waals surface area contributed by atoms with Crippen molar-refractivity contribution in [1.82, 2.24) is 15.2 Å².